The summed E-state index contributed by atoms with van der Waals surface area (Å²) in [6, 6.07) is 10.0. The zero-order valence-electron chi connectivity index (χ0n) is 9.73. The van der Waals surface area contributed by atoms with Crippen LogP contribution in [0, 0.1) is 0 Å². The molecule has 1 aromatic carbocycles. The molecule has 0 aromatic heterocycles. The Bertz CT molecular complexity index is 369. The molecule has 0 radical (unpaired) electrons. The zero-order chi connectivity index (χ0) is 11.0. The average Bonchev–Trinajstić information content (AvgIpc) is 2.47. The number of hydrogen-bond acceptors (Lipinski definition) is 2. The van der Waals surface area contributed by atoms with Gasteiger partial charge in [-0.05, 0) is 43.7 Å². The number of anilines is 1. The van der Waals surface area contributed by atoms with Gasteiger partial charge in [-0.25, -0.2) is 0 Å². The van der Waals surface area contributed by atoms with Crippen molar-refractivity contribution in [3.8, 4) is 0 Å². The number of nitrogens with zero attached hydrogens (tertiary/aromatic N) is 1. The van der Waals surface area contributed by atoms with Crippen molar-refractivity contribution >= 4 is 5.69 Å². The molecule has 1 fully saturated rings. The number of nitrogens with two attached hydrogens (primary N) is 1. The molecule has 0 bridgehead atoms. The fourth-order valence-electron chi connectivity index (χ4n) is 2.98. The van der Waals surface area contributed by atoms with Gasteiger partial charge in [-0.1, -0.05) is 18.2 Å². The fraction of sp³-hybridized carbons (Fsp3) is 0.571. The maximum absolute atomic E-state index is 5.91. The number of aryl methyl sites for hydroxylation is 1. The van der Waals surface area contributed by atoms with Gasteiger partial charge in [0.1, 0.15) is 0 Å². The minimum atomic E-state index is 0.445. The van der Waals surface area contributed by atoms with Crippen molar-refractivity contribution in [2.75, 3.05) is 11.4 Å². The van der Waals surface area contributed by atoms with Crippen molar-refractivity contribution in [1.29, 1.82) is 0 Å². The molecule has 86 valence electrons. The van der Waals surface area contributed by atoms with Gasteiger partial charge in [0.2, 0.25) is 0 Å². The number of hydrogen-bond donors (Lipinski definition) is 1. The summed E-state index contributed by atoms with van der Waals surface area (Å²) in [6.45, 7) is 1.22. The molecule has 1 aromatic rings. The van der Waals surface area contributed by atoms with Gasteiger partial charge in [-0.15, -0.1) is 0 Å². The molecular weight excluding hydrogens is 196 g/mol. The van der Waals surface area contributed by atoms with Crippen LogP contribution in [0.2, 0.25) is 0 Å². The van der Waals surface area contributed by atoms with Gasteiger partial charge in [0.25, 0.3) is 0 Å². The van der Waals surface area contributed by atoms with E-state index < -0.39 is 0 Å². The van der Waals surface area contributed by atoms with Crippen LogP contribution < -0.4 is 10.6 Å². The van der Waals surface area contributed by atoms with Gasteiger partial charge in [0, 0.05) is 24.3 Å². The molecule has 0 amide bonds. The van der Waals surface area contributed by atoms with E-state index in [0.717, 1.165) is 0 Å². The molecule has 1 saturated carbocycles. The highest BCUT2D eigenvalue weighted by Crippen LogP contribution is 2.33. The summed E-state index contributed by atoms with van der Waals surface area (Å²) in [5.41, 5.74) is 8.91. The van der Waals surface area contributed by atoms with Crippen LogP contribution in [-0.4, -0.2) is 18.6 Å². The van der Waals surface area contributed by atoms with E-state index in [-0.39, 0.29) is 0 Å². The first kappa shape index (κ1) is 10.2. The quantitative estimate of drug-likeness (QED) is 0.780. The van der Waals surface area contributed by atoms with Crippen LogP contribution in [-0.2, 0) is 6.42 Å². The number of fused-ring (bicyclic) bond motifs is 1. The zero-order valence-corrected chi connectivity index (χ0v) is 9.73. The first-order valence-corrected chi connectivity index (χ1v) is 6.45. The maximum atomic E-state index is 5.91. The second-order valence-electron chi connectivity index (χ2n) is 5.16. The summed E-state index contributed by atoms with van der Waals surface area (Å²) >= 11 is 0. The first-order valence-electron chi connectivity index (χ1n) is 6.45. The lowest BCUT2D eigenvalue weighted by atomic mass is 9.85. The third kappa shape index (κ3) is 1.71. The molecule has 1 aliphatic carbocycles. The van der Waals surface area contributed by atoms with Gasteiger partial charge in [-0.3, -0.25) is 0 Å². The summed E-state index contributed by atoms with van der Waals surface area (Å²) in [6.07, 6.45) is 6.24. The minimum Gasteiger partial charge on any atom is -0.368 e. The second-order valence-corrected chi connectivity index (χ2v) is 5.16. The molecule has 0 spiro atoms. The number of benzene rings is 1. The van der Waals surface area contributed by atoms with Crippen LogP contribution in [0.3, 0.4) is 0 Å². The molecule has 1 heterocycles. The Morgan fingerprint density at radius 3 is 2.75 bits per heavy atom. The molecule has 0 unspecified atom stereocenters. The van der Waals surface area contributed by atoms with Crippen molar-refractivity contribution in [2.45, 2.75) is 44.2 Å². The maximum Gasteiger partial charge on any atom is 0.0401 e. The Labute approximate surface area is 97.4 Å². The smallest absolute Gasteiger partial charge is 0.0401 e. The first-order chi connectivity index (χ1) is 7.84. The van der Waals surface area contributed by atoms with Crippen molar-refractivity contribution < 1.29 is 0 Å². The van der Waals surface area contributed by atoms with Crippen molar-refractivity contribution in [2.24, 2.45) is 5.73 Å². The Morgan fingerprint density at radius 1 is 1.12 bits per heavy atom. The van der Waals surface area contributed by atoms with Crippen LogP contribution in [0.15, 0.2) is 24.3 Å². The second kappa shape index (κ2) is 4.10. The Hall–Kier alpha value is -1.02. The van der Waals surface area contributed by atoms with Crippen LogP contribution in [0.4, 0.5) is 5.69 Å². The van der Waals surface area contributed by atoms with Gasteiger partial charge < -0.3 is 10.6 Å². The molecular formula is C14H20N2. The molecule has 2 heteroatoms. The van der Waals surface area contributed by atoms with Crippen LogP contribution in [0.25, 0.3) is 0 Å². The van der Waals surface area contributed by atoms with Gasteiger partial charge >= 0.3 is 0 Å². The van der Waals surface area contributed by atoms with E-state index in [2.05, 4.69) is 29.2 Å². The Balaban J connectivity index is 1.88. The highest BCUT2D eigenvalue weighted by Gasteiger charge is 2.32. The molecule has 16 heavy (non-hydrogen) atoms. The van der Waals surface area contributed by atoms with Gasteiger partial charge in [0.05, 0.1) is 0 Å². The third-order valence-corrected chi connectivity index (χ3v) is 3.99. The monoisotopic (exact) mass is 216 g/mol. The normalized spacial score (nSPS) is 29.2. The van der Waals surface area contributed by atoms with E-state index in [4.69, 9.17) is 5.73 Å². The summed E-state index contributed by atoms with van der Waals surface area (Å²) in [7, 11) is 0. The SMILES string of the molecule is NC1CC(N2CCCCc3ccccc32)C1. The minimum absolute atomic E-state index is 0.445. The van der Waals surface area contributed by atoms with E-state index >= 15 is 0 Å². The van der Waals surface area contributed by atoms with Crippen molar-refractivity contribution in [3.63, 3.8) is 0 Å². The molecule has 2 N–H and O–H groups in total. The van der Waals surface area contributed by atoms with E-state index in [1.54, 1.807) is 0 Å². The molecule has 2 aliphatic rings. The predicted octanol–water partition coefficient (Wildman–Crippen LogP) is 2.32. The van der Waals surface area contributed by atoms with E-state index in [0.29, 0.717) is 12.1 Å². The lowest BCUT2D eigenvalue weighted by molar-refractivity contribution is 0.329. The molecule has 2 nitrogen and oxygen atoms in total. The predicted molar refractivity (Wildman–Crippen MR) is 67.7 cm³/mol. The van der Waals surface area contributed by atoms with E-state index in [1.165, 1.54) is 49.9 Å². The summed E-state index contributed by atoms with van der Waals surface area (Å²) in [4.78, 5) is 2.60. The molecule has 0 atom stereocenters. The van der Waals surface area contributed by atoms with Crippen molar-refractivity contribution in [1.82, 2.24) is 0 Å². The summed E-state index contributed by atoms with van der Waals surface area (Å²) in [5, 5.41) is 0. The third-order valence-electron chi connectivity index (χ3n) is 3.99. The highest BCUT2D eigenvalue weighted by atomic mass is 15.2. The van der Waals surface area contributed by atoms with Crippen LogP contribution in [0.1, 0.15) is 31.2 Å². The lowest BCUT2D eigenvalue weighted by Gasteiger charge is -2.43. The molecule has 3 rings (SSSR count). The Morgan fingerprint density at radius 2 is 1.94 bits per heavy atom. The molecule has 0 saturated heterocycles. The number of rotatable bonds is 1. The Kier molecular flexibility index (Phi) is 2.60. The van der Waals surface area contributed by atoms with Crippen LogP contribution >= 0.6 is 0 Å². The highest BCUT2D eigenvalue weighted by molar-refractivity contribution is 5.55. The van der Waals surface area contributed by atoms with Gasteiger partial charge in [-0.2, -0.15) is 0 Å². The molecule has 1 aliphatic heterocycles. The van der Waals surface area contributed by atoms with Crippen LogP contribution in [0.5, 0.6) is 0 Å². The standard InChI is InChI=1S/C14H20N2/c15-12-9-13(10-12)16-8-4-3-6-11-5-1-2-7-14(11)16/h1-2,5,7,12-13H,3-4,6,8-10,15H2. The van der Waals surface area contributed by atoms with E-state index in [9.17, 15) is 0 Å². The van der Waals surface area contributed by atoms with Gasteiger partial charge in [0.15, 0.2) is 0 Å². The largest absolute Gasteiger partial charge is 0.368 e. The van der Waals surface area contributed by atoms with Crippen molar-refractivity contribution in [3.05, 3.63) is 29.8 Å². The number of para-hydroxylation sites is 1. The summed E-state index contributed by atoms with van der Waals surface area (Å²) < 4.78 is 0. The topological polar surface area (TPSA) is 29.3 Å². The lowest BCUT2D eigenvalue weighted by Crippen LogP contribution is -2.51. The average molecular weight is 216 g/mol. The van der Waals surface area contributed by atoms with E-state index in [1.807, 2.05) is 0 Å². The fourth-order valence-corrected chi connectivity index (χ4v) is 2.98. The summed E-state index contributed by atoms with van der Waals surface area (Å²) in [5.74, 6) is 0.